The lowest BCUT2D eigenvalue weighted by molar-refractivity contribution is 0.0923. The predicted molar refractivity (Wildman–Crippen MR) is 72.1 cm³/mol. The molecule has 5 nitrogen and oxygen atoms in total. The van der Waals surface area contributed by atoms with Gasteiger partial charge in [-0.25, -0.2) is 9.88 Å². The van der Waals surface area contributed by atoms with Crippen LogP contribution in [0.15, 0.2) is 35.1 Å². The molecule has 2 amide bonds. The Balaban J connectivity index is 2.14. The molecular formula is C13H8BrN3O2. The number of carbonyl (C=O) groups is 2. The van der Waals surface area contributed by atoms with Gasteiger partial charge in [-0.1, -0.05) is 0 Å². The van der Waals surface area contributed by atoms with E-state index in [1.54, 1.807) is 31.3 Å². The molecule has 19 heavy (non-hydrogen) atoms. The van der Waals surface area contributed by atoms with Crippen LogP contribution in [-0.2, 0) is 0 Å². The second kappa shape index (κ2) is 4.24. The summed E-state index contributed by atoms with van der Waals surface area (Å²) in [6, 6.07) is 5.03. The maximum absolute atomic E-state index is 12.3. The van der Waals surface area contributed by atoms with Crippen molar-refractivity contribution in [2.24, 2.45) is 0 Å². The summed E-state index contributed by atoms with van der Waals surface area (Å²) in [5.74, 6) is -0.472. The minimum Gasteiger partial charge on any atom is -0.268 e. The van der Waals surface area contributed by atoms with Crippen LogP contribution in [-0.4, -0.2) is 21.8 Å². The Morgan fingerprint density at radius 2 is 2.00 bits per heavy atom. The number of carbonyl (C=O) groups excluding carboxylic acids is 2. The highest BCUT2D eigenvalue weighted by Gasteiger charge is 2.39. The van der Waals surface area contributed by atoms with E-state index < -0.39 is 5.91 Å². The third kappa shape index (κ3) is 1.76. The van der Waals surface area contributed by atoms with Crippen LogP contribution in [0.5, 0.6) is 0 Å². The highest BCUT2D eigenvalue weighted by Crippen LogP contribution is 2.28. The van der Waals surface area contributed by atoms with Crippen molar-refractivity contribution >= 4 is 33.6 Å². The molecule has 0 unspecified atom stereocenters. The largest absolute Gasteiger partial charge is 0.285 e. The first kappa shape index (κ1) is 12.0. The van der Waals surface area contributed by atoms with Gasteiger partial charge in [0, 0.05) is 16.9 Å². The van der Waals surface area contributed by atoms with Gasteiger partial charge in [0.1, 0.15) is 11.5 Å². The zero-order valence-electron chi connectivity index (χ0n) is 9.92. The Labute approximate surface area is 117 Å². The fourth-order valence-corrected chi connectivity index (χ4v) is 2.47. The lowest BCUT2D eigenvalue weighted by atomic mass is 10.2. The van der Waals surface area contributed by atoms with Crippen LogP contribution in [0.2, 0.25) is 0 Å². The summed E-state index contributed by atoms with van der Waals surface area (Å²) in [5.41, 5.74) is 1.23. The molecule has 94 valence electrons. The van der Waals surface area contributed by atoms with Crippen LogP contribution in [0.4, 0.5) is 5.82 Å². The van der Waals surface area contributed by atoms with Gasteiger partial charge >= 0.3 is 0 Å². The summed E-state index contributed by atoms with van der Waals surface area (Å²) in [6.45, 7) is 1.80. The SMILES string of the molecule is Cc1cc(Br)cnc1N1C(=O)c2cccnc2C1=O. The number of halogens is 1. The van der Waals surface area contributed by atoms with Crippen molar-refractivity contribution in [1.29, 1.82) is 0 Å². The smallest absolute Gasteiger partial charge is 0.268 e. The van der Waals surface area contributed by atoms with Crippen LogP contribution in [0.3, 0.4) is 0 Å². The van der Waals surface area contributed by atoms with Gasteiger partial charge in [0.25, 0.3) is 11.8 Å². The molecule has 0 N–H and O–H groups in total. The molecule has 0 fully saturated rings. The van der Waals surface area contributed by atoms with Crippen LogP contribution < -0.4 is 4.90 Å². The molecule has 1 aliphatic heterocycles. The number of pyridine rings is 2. The predicted octanol–water partition coefficient (Wildman–Crippen LogP) is 2.35. The minimum absolute atomic E-state index is 0.177. The zero-order chi connectivity index (χ0) is 13.6. The van der Waals surface area contributed by atoms with E-state index in [1.165, 1.54) is 6.20 Å². The number of aryl methyl sites for hydroxylation is 1. The molecule has 0 saturated carbocycles. The molecule has 6 heteroatoms. The fraction of sp³-hybridized carbons (Fsp3) is 0.0769. The van der Waals surface area contributed by atoms with Crippen molar-refractivity contribution in [3.63, 3.8) is 0 Å². The number of hydrogen-bond acceptors (Lipinski definition) is 4. The summed E-state index contributed by atoms with van der Waals surface area (Å²) >= 11 is 3.30. The third-order valence-corrected chi connectivity index (χ3v) is 3.31. The van der Waals surface area contributed by atoms with Crippen molar-refractivity contribution in [3.05, 3.63) is 51.9 Å². The summed E-state index contributed by atoms with van der Waals surface area (Å²) in [7, 11) is 0. The fourth-order valence-electron chi connectivity index (χ4n) is 2.03. The Morgan fingerprint density at radius 1 is 1.21 bits per heavy atom. The summed E-state index contributed by atoms with van der Waals surface area (Å²) in [6.07, 6.45) is 3.05. The van der Waals surface area contributed by atoms with E-state index >= 15 is 0 Å². The molecule has 0 radical (unpaired) electrons. The van der Waals surface area contributed by atoms with Gasteiger partial charge in [-0.15, -0.1) is 0 Å². The number of aromatic nitrogens is 2. The van der Waals surface area contributed by atoms with Crippen molar-refractivity contribution in [2.75, 3.05) is 4.90 Å². The van der Waals surface area contributed by atoms with Gasteiger partial charge in [-0.2, -0.15) is 0 Å². The van der Waals surface area contributed by atoms with Gasteiger partial charge in [0.05, 0.1) is 5.56 Å². The Hall–Kier alpha value is -2.08. The van der Waals surface area contributed by atoms with E-state index in [9.17, 15) is 9.59 Å². The maximum atomic E-state index is 12.3. The number of imide groups is 1. The molecule has 3 heterocycles. The minimum atomic E-state index is -0.432. The molecule has 0 aliphatic carbocycles. The third-order valence-electron chi connectivity index (χ3n) is 2.88. The molecular weight excluding hydrogens is 310 g/mol. The van der Waals surface area contributed by atoms with Crippen LogP contribution >= 0.6 is 15.9 Å². The van der Waals surface area contributed by atoms with E-state index in [-0.39, 0.29) is 11.6 Å². The van der Waals surface area contributed by atoms with Crippen LogP contribution in [0.1, 0.15) is 26.4 Å². The first-order valence-electron chi connectivity index (χ1n) is 5.55. The molecule has 0 spiro atoms. The number of nitrogens with zero attached hydrogens (tertiary/aromatic N) is 3. The van der Waals surface area contributed by atoms with Crippen molar-refractivity contribution in [2.45, 2.75) is 6.92 Å². The first-order chi connectivity index (χ1) is 9.09. The number of amides is 2. The highest BCUT2D eigenvalue weighted by atomic mass is 79.9. The molecule has 0 bridgehead atoms. The zero-order valence-corrected chi connectivity index (χ0v) is 11.5. The van der Waals surface area contributed by atoms with Crippen LogP contribution in [0, 0.1) is 6.92 Å². The standard InChI is InChI=1S/C13H8BrN3O2/c1-7-5-8(14)6-16-11(7)17-12(18)9-3-2-4-15-10(9)13(17)19/h2-6H,1H3. The highest BCUT2D eigenvalue weighted by molar-refractivity contribution is 9.10. The number of rotatable bonds is 1. The normalized spacial score (nSPS) is 13.9. The molecule has 0 saturated heterocycles. The van der Waals surface area contributed by atoms with E-state index in [0.717, 1.165) is 14.9 Å². The van der Waals surface area contributed by atoms with Gasteiger partial charge in [0.15, 0.2) is 0 Å². The quantitative estimate of drug-likeness (QED) is 0.757. The Bertz CT molecular complexity index is 680. The van der Waals surface area contributed by atoms with Gasteiger partial charge in [0.2, 0.25) is 0 Å². The van der Waals surface area contributed by atoms with E-state index in [2.05, 4.69) is 25.9 Å². The number of fused-ring (bicyclic) bond motifs is 1. The first-order valence-corrected chi connectivity index (χ1v) is 6.35. The average molecular weight is 318 g/mol. The number of hydrogen-bond donors (Lipinski definition) is 0. The van der Waals surface area contributed by atoms with Gasteiger partial charge in [-0.05, 0) is 46.6 Å². The summed E-state index contributed by atoms with van der Waals surface area (Å²) < 4.78 is 0.795. The summed E-state index contributed by atoms with van der Waals surface area (Å²) in [5, 5.41) is 0. The van der Waals surface area contributed by atoms with E-state index in [4.69, 9.17) is 0 Å². The topological polar surface area (TPSA) is 63.2 Å². The molecule has 1 aliphatic rings. The van der Waals surface area contributed by atoms with Crippen molar-refractivity contribution < 1.29 is 9.59 Å². The monoisotopic (exact) mass is 317 g/mol. The molecule has 2 aromatic rings. The molecule has 2 aromatic heterocycles. The maximum Gasteiger partial charge on any atom is 0.285 e. The second-order valence-electron chi connectivity index (χ2n) is 4.14. The van der Waals surface area contributed by atoms with Crippen molar-refractivity contribution in [1.82, 2.24) is 9.97 Å². The lowest BCUT2D eigenvalue weighted by Gasteiger charge is -2.14. The molecule has 0 aromatic carbocycles. The van der Waals surface area contributed by atoms with E-state index in [1.807, 2.05) is 0 Å². The Kier molecular flexibility index (Phi) is 2.67. The molecule has 3 rings (SSSR count). The average Bonchev–Trinajstić information content (AvgIpc) is 2.64. The van der Waals surface area contributed by atoms with Crippen molar-refractivity contribution in [3.8, 4) is 0 Å². The van der Waals surface area contributed by atoms with Gasteiger partial charge < -0.3 is 0 Å². The lowest BCUT2D eigenvalue weighted by Crippen LogP contribution is -2.31. The number of anilines is 1. The van der Waals surface area contributed by atoms with E-state index in [0.29, 0.717) is 11.4 Å². The second-order valence-corrected chi connectivity index (χ2v) is 5.06. The molecule has 0 atom stereocenters. The van der Waals surface area contributed by atoms with Crippen LogP contribution in [0.25, 0.3) is 0 Å². The van der Waals surface area contributed by atoms with Gasteiger partial charge in [-0.3, -0.25) is 14.6 Å². The summed E-state index contributed by atoms with van der Waals surface area (Å²) in [4.78, 5) is 33.7. The Morgan fingerprint density at radius 3 is 2.68 bits per heavy atom.